The number of ketones is 1. The molecule has 2 N–H and O–H groups in total. The minimum absolute atomic E-state index is 0.233. The first-order chi connectivity index (χ1) is 11.9. The van der Waals surface area contributed by atoms with Crippen LogP contribution in [0, 0.1) is 0 Å². The van der Waals surface area contributed by atoms with E-state index in [1.807, 2.05) is 6.92 Å². The number of carbonyl (C=O) groups is 3. The van der Waals surface area contributed by atoms with Crippen LogP contribution in [0.2, 0.25) is 0 Å². The van der Waals surface area contributed by atoms with Crippen molar-refractivity contribution >= 4 is 17.7 Å². The van der Waals surface area contributed by atoms with Crippen molar-refractivity contribution in [1.82, 2.24) is 0 Å². The summed E-state index contributed by atoms with van der Waals surface area (Å²) in [6.07, 6.45) is -0.943. The molecule has 0 fully saturated rings. The van der Waals surface area contributed by atoms with Gasteiger partial charge in [0.05, 0.1) is 12.2 Å². The van der Waals surface area contributed by atoms with E-state index in [1.165, 1.54) is 31.2 Å². The summed E-state index contributed by atoms with van der Waals surface area (Å²) in [7, 11) is 0. The van der Waals surface area contributed by atoms with Crippen molar-refractivity contribution in [3.05, 3.63) is 65.2 Å². The number of primary amides is 1. The lowest BCUT2D eigenvalue weighted by Crippen LogP contribution is -2.24. The Balaban J connectivity index is 2.02. The number of carbonyl (C=O) groups excluding carboxylic acids is 3. The fourth-order valence-electron chi connectivity index (χ4n) is 2.17. The highest BCUT2D eigenvalue weighted by Crippen LogP contribution is 2.15. The summed E-state index contributed by atoms with van der Waals surface area (Å²) in [6.45, 7) is 3.92. The molecule has 25 heavy (non-hydrogen) atoms. The van der Waals surface area contributed by atoms with Gasteiger partial charge in [0.1, 0.15) is 5.75 Å². The molecule has 6 heteroatoms. The Kier molecular flexibility index (Phi) is 5.89. The number of nitrogens with two attached hydrogens (primary N) is 1. The number of hydrogen-bond donors (Lipinski definition) is 1. The molecule has 1 atom stereocenters. The number of hydrogen-bond acceptors (Lipinski definition) is 5. The lowest BCUT2D eigenvalue weighted by molar-refractivity contribution is 0.0318. The van der Waals surface area contributed by atoms with Gasteiger partial charge in [0, 0.05) is 11.1 Å². The molecule has 0 bridgehead atoms. The summed E-state index contributed by atoms with van der Waals surface area (Å²) >= 11 is 0. The maximum atomic E-state index is 12.3. The molecule has 0 saturated heterocycles. The molecule has 0 heterocycles. The van der Waals surface area contributed by atoms with Gasteiger partial charge < -0.3 is 15.2 Å². The summed E-state index contributed by atoms with van der Waals surface area (Å²) < 4.78 is 10.5. The average Bonchev–Trinajstić information content (AvgIpc) is 2.62. The van der Waals surface area contributed by atoms with E-state index in [0.29, 0.717) is 17.9 Å². The summed E-state index contributed by atoms with van der Waals surface area (Å²) in [5.74, 6) is -0.884. The first-order valence-electron chi connectivity index (χ1n) is 7.80. The number of benzene rings is 2. The number of amides is 1. The van der Waals surface area contributed by atoms with Crippen molar-refractivity contribution < 1.29 is 23.9 Å². The zero-order chi connectivity index (χ0) is 18.4. The molecule has 0 aliphatic carbocycles. The zero-order valence-electron chi connectivity index (χ0n) is 14.0. The lowest BCUT2D eigenvalue weighted by atomic mass is 10.1. The number of rotatable bonds is 7. The fourth-order valence-corrected chi connectivity index (χ4v) is 2.17. The van der Waals surface area contributed by atoms with Crippen LogP contribution >= 0.6 is 0 Å². The third-order valence-corrected chi connectivity index (χ3v) is 3.51. The maximum absolute atomic E-state index is 12.3. The SMILES string of the molecule is CCOc1ccc(C(=O)[C@@H](C)OC(=O)c2ccc(C(N)=O)cc2)cc1. The standard InChI is InChI=1S/C19H19NO5/c1-3-24-16-10-8-13(9-11-16)17(21)12(2)25-19(23)15-6-4-14(5-7-15)18(20)22/h4-12H,3H2,1-2H3,(H2,20,22)/t12-/m1/s1. The molecular weight excluding hydrogens is 322 g/mol. The van der Waals surface area contributed by atoms with Gasteiger partial charge in [-0.15, -0.1) is 0 Å². The van der Waals surface area contributed by atoms with E-state index in [1.54, 1.807) is 24.3 Å². The van der Waals surface area contributed by atoms with E-state index in [2.05, 4.69) is 0 Å². The average molecular weight is 341 g/mol. The Morgan fingerprint density at radius 1 is 0.920 bits per heavy atom. The van der Waals surface area contributed by atoms with Gasteiger partial charge in [-0.05, 0) is 62.4 Å². The van der Waals surface area contributed by atoms with E-state index < -0.39 is 18.0 Å². The van der Waals surface area contributed by atoms with Crippen LogP contribution in [-0.4, -0.2) is 30.4 Å². The molecule has 2 rings (SSSR count). The molecule has 130 valence electrons. The highest BCUT2D eigenvalue weighted by molar-refractivity contribution is 6.01. The second-order valence-electron chi connectivity index (χ2n) is 5.31. The molecule has 1 amide bonds. The van der Waals surface area contributed by atoms with Crippen LogP contribution in [0.3, 0.4) is 0 Å². The minimum Gasteiger partial charge on any atom is -0.494 e. The largest absolute Gasteiger partial charge is 0.494 e. The van der Waals surface area contributed by atoms with Crippen molar-refractivity contribution in [2.24, 2.45) is 5.73 Å². The molecule has 2 aromatic carbocycles. The van der Waals surface area contributed by atoms with Crippen LogP contribution in [-0.2, 0) is 4.74 Å². The Morgan fingerprint density at radius 3 is 1.96 bits per heavy atom. The highest BCUT2D eigenvalue weighted by Gasteiger charge is 2.20. The topological polar surface area (TPSA) is 95.7 Å². The van der Waals surface area contributed by atoms with Gasteiger partial charge in [0.15, 0.2) is 6.10 Å². The first-order valence-corrected chi connectivity index (χ1v) is 7.80. The van der Waals surface area contributed by atoms with Gasteiger partial charge in [-0.2, -0.15) is 0 Å². The molecule has 0 spiro atoms. The maximum Gasteiger partial charge on any atom is 0.338 e. The van der Waals surface area contributed by atoms with Gasteiger partial charge in [-0.1, -0.05) is 0 Å². The second-order valence-corrected chi connectivity index (χ2v) is 5.31. The van der Waals surface area contributed by atoms with Crippen LogP contribution in [0.4, 0.5) is 0 Å². The van der Waals surface area contributed by atoms with Gasteiger partial charge in [0.25, 0.3) is 0 Å². The van der Waals surface area contributed by atoms with Crippen molar-refractivity contribution in [1.29, 1.82) is 0 Å². The number of esters is 1. The molecule has 6 nitrogen and oxygen atoms in total. The summed E-state index contributed by atoms with van der Waals surface area (Å²) in [5.41, 5.74) is 6.09. The van der Waals surface area contributed by atoms with Crippen molar-refractivity contribution in [3.63, 3.8) is 0 Å². The molecule has 2 aromatic rings. The molecule has 0 aliphatic rings. The number of Topliss-reactive ketones (excluding diaryl/α,β-unsaturated/α-hetero) is 1. The Labute approximate surface area is 145 Å². The van der Waals surface area contributed by atoms with Gasteiger partial charge in [-0.3, -0.25) is 9.59 Å². The van der Waals surface area contributed by atoms with E-state index in [0.717, 1.165) is 0 Å². The monoisotopic (exact) mass is 341 g/mol. The summed E-state index contributed by atoms with van der Waals surface area (Å²) in [6, 6.07) is 12.3. The first kappa shape index (κ1) is 18.2. The lowest BCUT2D eigenvalue weighted by Gasteiger charge is -2.13. The molecular formula is C19H19NO5. The number of ether oxygens (including phenoxy) is 2. The van der Waals surface area contributed by atoms with Crippen LogP contribution in [0.25, 0.3) is 0 Å². The Hall–Kier alpha value is -3.15. The normalized spacial score (nSPS) is 11.4. The van der Waals surface area contributed by atoms with E-state index in [9.17, 15) is 14.4 Å². The Morgan fingerprint density at radius 2 is 1.44 bits per heavy atom. The van der Waals surface area contributed by atoms with Gasteiger partial charge in [0.2, 0.25) is 11.7 Å². The van der Waals surface area contributed by atoms with Crippen molar-refractivity contribution in [2.45, 2.75) is 20.0 Å². The van der Waals surface area contributed by atoms with E-state index in [4.69, 9.17) is 15.2 Å². The molecule has 0 saturated carbocycles. The smallest absolute Gasteiger partial charge is 0.338 e. The molecule has 0 unspecified atom stereocenters. The molecule has 0 aromatic heterocycles. The second kappa shape index (κ2) is 8.10. The molecule has 0 aliphatic heterocycles. The predicted octanol–water partition coefficient (Wildman–Crippen LogP) is 2.61. The third-order valence-electron chi connectivity index (χ3n) is 3.51. The van der Waals surface area contributed by atoms with Crippen LogP contribution in [0.15, 0.2) is 48.5 Å². The zero-order valence-corrected chi connectivity index (χ0v) is 14.0. The van der Waals surface area contributed by atoms with Crippen molar-refractivity contribution in [3.8, 4) is 5.75 Å². The Bertz CT molecular complexity index is 765. The van der Waals surface area contributed by atoms with E-state index >= 15 is 0 Å². The fraction of sp³-hybridized carbons (Fsp3) is 0.211. The van der Waals surface area contributed by atoms with Crippen LogP contribution in [0.1, 0.15) is 44.9 Å². The van der Waals surface area contributed by atoms with Crippen LogP contribution < -0.4 is 10.5 Å². The highest BCUT2D eigenvalue weighted by atomic mass is 16.5. The molecule has 0 radical (unpaired) electrons. The van der Waals surface area contributed by atoms with Crippen LogP contribution in [0.5, 0.6) is 5.75 Å². The van der Waals surface area contributed by atoms with E-state index in [-0.39, 0.29) is 16.9 Å². The van der Waals surface area contributed by atoms with Gasteiger partial charge in [-0.25, -0.2) is 4.79 Å². The predicted molar refractivity (Wildman–Crippen MR) is 91.8 cm³/mol. The third kappa shape index (κ3) is 4.67. The summed E-state index contributed by atoms with van der Waals surface area (Å²) in [5, 5.41) is 0. The summed E-state index contributed by atoms with van der Waals surface area (Å²) in [4.78, 5) is 35.5. The van der Waals surface area contributed by atoms with Gasteiger partial charge >= 0.3 is 5.97 Å². The minimum atomic E-state index is -0.943. The quantitative estimate of drug-likeness (QED) is 0.617. The van der Waals surface area contributed by atoms with Crippen molar-refractivity contribution in [2.75, 3.05) is 6.61 Å².